The number of pyridine rings is 2. The molecule has 0 amide bonds. The van der Waals surface area contributed by atoms with Gasteiger partial charge in [0.05, 0.1) is 23.5 Å². The number of hydrogen-bond acceptors (Lipinski definition) is 2. The fraction of sp³-hybridized carbons (Fsp3) is 0.0909. The Balaban J connectivity index is 1.33. The van der Waals surface area contributed by atoms with E-state index in [-0.39, 0.29) is 5.41 Å². The van der Waals surface area contributed by atoms with Crippen LogP contribution in [-0.4, -0.2) is 4.57 Å². The third-order valence-electron chi connectivity index (χ3n) is 12.1. The van der Waals surface area contributed by atoms with Crippen LogP contribution in [0.25, 0.3) is 49.9 Å². The van der Waals surface area contributed by atoms with Crippen LogP contribution in [0.4, 0.5) is 17.2 Å². The Bertz CT molecular complexity index is 2920. The monoisotopic (exact) mass is 628 g/mol. The number of ether oxygens (including phenoxy) is 1. The highest BCUT2D eigenvalue weighted by atomic mass is 16.5. The fourth-order valence-corrected chi connectivity index (χ4v) is 10.3. The molecule has 0 saturated heterocycles. The van der Waals surface area contributed by atoms with Gasteiger partial charge in [-0.3, -0.25) is 0 Å². The van der Waals surface area contributed by atoms with E-state index < -0.39 is 5.66 Å². The van der Waals surface area contributed by atoms with Crippen LogP contribution in [0.5, 0.6) is 11.5 Å². The number of anilines is 3. The Labute approximate surface area is 282 Å². The number of para-hydroxylation sites is 2. The van der Waals surface area contributed by atoms with Gasteiger partial charge in [0, 0.05) is 27.3 Å². The molecule has 5 heteroatoms. The standard InChI is InChI=1S/C44H28N4O/c1-43(2)31-16-5-6-18-33(31)47-34-19-8-20-35-37(34)44(46-24-10-17-32(43)42(46)47)38-36(49-35)22-21-29-28-14-7-13-27-25-11-3-4-12-26(25)30-15-9-23-45(44)41(30)48(39(27)28)40(29)38/h3-24H,1-2H3/q+2. The van der Waals surface area contributed by atoms with Crippen LogP contribution in [0.3, 0.4) is 0 Å². The van der Waals surface area contributed by atoms with Gasteiger partial charge in [0.25, 0.3) is 11.6 Å². The first-order valence-electron chi connectivity index (χ1n) is 17.1. The minimum absolute atomic E-state index is 0.215. The van der Waals surface area contributed by atoms with Crippen molar-refractivity contribution in [2.45, 2.75) is 24.9 Å². The topological polar surface area (TPSA) is 25.2 Å². The van der Waals surface area contributed by atoms with Crippen molar-refractivity contribution in [2.75, 3.05) is 4.90 Å². The van der Waals surface area contributed by atoms with Gasteiger partial charge in [0.2, 0.25) is 0 Å². The molecule has 0 radical (unpaired) electrons. The zero-order valence-corrected chi connectivity index (χ0v) is 26.9. The Morgan fingerprint density at radius 2 is 1.16 bits per heavy atom. The molecule has 5 aliphatic rings. The smallest absolute Gasteiger partial charge is 0.321 e. The van der Waals surface area contributed by atoms with Crippen LogP contribution in [0.2, 0.25) is 0 Å². The third-order valence-corrected chi connectivity index (χ3v) is 12.1. The van der Waals surface area contributed by atoms with Gasteiger partial charge < -0.3 is 4.74 Å². The van der Waals surface area contributed by atoms with Crippen molar-refractivity contribution in [1.29, 1.82) is 0 Å². The number of nitrogens with zero attached hydrogens (tertiary/aromatic N) is 4. The summed E-state index contributed by atoms with van der Waals surface area (Å²) in [5.74, 6) is 4.17. The molecule has 228 valence electrons. The van der Waals surface area contributed by atoms with E-state index in [1.165, 1.54) is 78.1 Å². The summed E-state index contributed by atoms with van der Waals surface area (Å²) >= 11 is 0. The summed E-state index contributed by atoms with van der Waals surface area (Å²) in [5.41, 5.74) is 13.8. The summed E-state index contributed by atoms with van der Waals surface area (Å²) in [6, 6.07) is 44.9. The predicted octanol–water partition coefficient (Wildman–Crippen LogP) is 9.15. The quantitative estimate of drug-likeness (QED) is 0.157. The predicted molar refractivity (Wildman–Crippen MR) is 191 cm³/mol. The number of hydrogen-bond donors (Lipinski definition) is 0. The Morgan fingerprint density at radius 3 is 2.06 bits per heavy atom. The maximum Gasteiger partial charge on any atom is 0.321 e. The first kappa shape index (κ1) is 24.9. The van der Waals surface area contributed by atoms with Crippen LogP contribution in [-0.2, 0) is 11.1 Å². The summed E-state index contributed by atoms with van der Waals surface area (Å²) in [5, 5.41) is 2.51. The first-order chi connectivity index (χ1) is 24.1. The highest BCUT2D eigenvalue weighted by Gasteiger charge is 2.67. The zero-order chi connectivity index (χ0) is 32.0. The summed E-state index contributed by atoms with van der Waals surface area (Å²) in [7, 11) is 0. The normalized spacial score (nSPS) is 18.4. The van der Waals surface area contributed by atoms with Crippen molar-refractivity contribution in [3.05, 3.63) is 156 Å². The molecule has 3 aromatic heterocycles. The number of benzene rings is 5. The molecule has 13 rings (SSSR count). The van der Waals surface area contributed by atoms with Crippen molar-refractivity contribution >= 4 is 39.0 Å². The summed E-state index contributed by atoms with van der Waals surface area (Å²) in [4.78, 5) is 2.49. The highest BCUT2D eigenvalue weighted by molar-refractivity contribution is 6.17. The molecular formula is C44H28N4O+2. The van der Waals surface area contributed by atoms with Gasteiger partial charge in [0.15, 0.2) is 5.52 Å². The molecule has 1 atom stereocenters. The third kappa shape index (κ3) is 2.44. The largest absolute Gasteiger partial charge is 0.456 e. The van der Waals surface area contributed by atoms with E-state index in [9.17, 15) is 0 Å². The van der Waals surface area contributed by atoms with E-state index >= 15 is 0 Å². The Hall–Kier alpha value is -6.20. The summed E-state index contributed by atoms with van der Waals surface area (Å²) in [6.45, 7) is 4.75. The lowest BCUT2D eigenvalue weighted by atomic mass is 9.72. The minimum Gasteiger partial charge on any atom is -0.456 e. The van der Waals surface area contributed by atoms with Crippen molar-refractivity contribution < 1.29 is 13.9 Å². The van der Waals surface area contributed by atoms with E-state index in [0.29, 0.717) is 0 Å². The van der Waals surface area contributed by atoms with E-state index in [0.717, 1.165) is 22.7 Å². The van der Waals surface area contributed by atoms with Crippen LogP contribution in [0, 0.1) is 0 Å². The molecule has 0 fully saturated rings. The molecule has 1 unspecified atom stereocenters. The minimum atomic E-state index is -0.765. The SMILES string of the molecule is CC1(C)c2ccccc2N2c3cccc4c3C3(c5c(ccc6c7cccc8c7n(c56)-c5c(ccc[n+]53)-c3ccccc3-8)O4)[n+]3cccc1c32. The molecule has 8 heterocycles. The lowest BCUT2D eigenvalue weighted by molar-refractivity contribution is -0.965. The maximum absolute atomic E-state index is 7.05. The molecule has 5 aromatic carbocycles. The molecule has 0 saturated carbocycles. The van der Waals surface area contributed by atoms with Crippen molar-refractivity contribution in [1.82, 2.24) is 4.57 Å². The van der Waals surface area contributed by atoms with Crippen molar-refractivity contribution in [2.24, 2.45) is 0 Å². The average molecular weight is 629 g/mol. The van der Waals surface area contributed by atoms with Crippen LogP contribution < -0.4 is 18.8 Å². The van der Waals surface area contributed by atoms with Crippen LogP contribution in [0.1, 0.15) is 36.1 Å². The first-order valence-corrected chi connectivity index (χ1v) is 17.1. The van der Waals surface area contributed by atoms with Gasteiger partial charge in [-0.05, 0) is 71.8 Å². The van der Waals surface area contributed by atoms with Gasteiger partial charge in [-0.1, -0.05) is 74.5 Å². The number of fused-ring (bicyclic) bond motifs is 7. The van der Waals surface area contributed by atoms with Gasteiger partial charge in [-0.15, -0.1) is 0 Å². The van der Waals surface area contributed by atoms with E-state index in [1.54, 1.807) is 0 Å². The number of aromatic nitrogens is 3. The van der Waals surface area contributed by atoms with E-state index in [4.69, 9.17) is 4.74 Å². The molecule has 8 aromatic rings. The molecule has 1 spiro atoms. The van der Waals surface area contributed by atoms with Gasteiger partial charge in [-0.25, -0.2) is 0 Å². The molecule has 5 nitrogen and oxygen atoms in total. The van der Waals surface area contributed by atoms with Crippen molar-refractivity contribution in [3.63, 3.8) is 0 Å². The molecular weight excluding hydrogens is 601 g/mol. The van der Waals surface area contributed by atoms with E-state index in [1.807, 2.05) is 0 Å². The van der Waals surface area contributed by atoms with Gasteiger partial charge in [0.1, 0.15) is 39.5 Å². The fourth-order valence-electron chi connectivity index (χ4n) is 10.3. The number of rotatable bonds is 0. The molecule has 49 heavy (non-hydrogen) atoms. The van der Waals surface area contributed by atoms with Gasteiger partial charge >= 0.3 is 5.66 Å². The second-order valence-electron chi connectivity index (χ2n) is 14.6. The summed E-state index contributed by atoms with van der Waals surface area (Å²) in [6.07, 6.45) is 4.62. The maximum atomic E-state index is 7.05. The molecule has 5 aliphatic heterocycles. The second kappa shape index (κ2) is 7.74. The second-order valence-corrected chi connectivity index (χ2v) is 14.6. The van der Waals surface area contributed by atoms with E-state index in [2.05, 4.69) is 166 Å². The van der Waals surface area contributed by atoms with Gasteiger partial charge in [-0.2, -0.15) is 18.6 Å². The average Bonchev–Trinajstić information content (AvgIpc) is 3.42. The highest BCUT2D eigenvalue weighted by Crippen LogP contribution is 2.62. The Kier molecular flexibility index (Phi) is 3.93. The zero-order valence-electron chi connectivity index (χ0n) is 26.9. The Morgan fingerprint density at radius 1 is 0.510 bits per heavy atom. The lowest BCUT2D eigenvalue weighted by Crippen LogP contribution is -2.79. The molecule has 0 N–H and O–H groups in total. The lowest BCUT2D eigenvalue weighted by Gasteiger charge is -2.47. The van der Waals surface area contributed by atoms with Crippen molar-refractivity contribution in [3.8, 4) is 39.6 Å². The summed E-state index contributed by atoms with van der Waals surface area (Å²) < 4.78 is 14.8. The van der Waals surface area contributed by atoms with Crippen LogP contribution in [0.15, 0.2) is 134 Å². The van der Waals surface area contributed by atoms with Crippen LogP contribution >= 0.6 is 0 Å². The molecule has 0 bridgehead atoms. The molecule has 0 aliphatic carbocycles.